The SMILES string of the molecule is CC(=O)c1c(C)nsc1NCc1cccnc1. The average Bonchev–Trinajstić information content (AvgIpc) is 2.69. The maximum atomic E-state index is 11.5. The number of hydrogen-bond acceptors (Lipinski definition) is 5. The van der Waals surface area contributed by atoms with Crippen molar-refractivity contribution in [2.24, 2.45) is 0 Å². The number of carbonyl (C=O) groups is 1. The molecule has 2 heterocycles. The largest absolute Gasteiger partial charge is 0.371 e. The number of aryl methyl sites for hydroxylation is 1. The summed E-state index contributed by atoms with van der Waals surface area (Å²) in [5, 5.41) is 4.06. The molecule has 0 unspecified atom stereocenters. The fraction of sp³-hybridized carbons (Fsp3) is 0.250. The number of pyridine rings is 1. The number of hydrogen-bond donors (Lipinski definition) is 1. The Morgan fingerprint density at radius 2 is 2.35 bits per heavy atom. The van der Waals surface area contributed by atoms with Gasteiger partial charge in [-0.25, -0.2) is 0 Å². The van der Waals surface area contributed by atoms with Gasteiger partial charge in [0.2, 0.25) is 0 Å². The van der Waals surface area contributed by atoms with Gasteiger partial charge >= 0.3 is 0 Å². The van der Waals surface area contributed by atoms with Crippen LogP contribution in [0.2, 0.25) is 0 Å². The fourth-order valence-electron chi connectivity index (χ4n) is 1.59. The predicted molar refractivity (Wildman–Crippen MR) is 68.4 cm³/mol. The first-order valence-corrected chi connectivity index (χ1v) is 6.06. The molecule has 88 valence electrons. The van der Waals surface area contributed by atoms with Gasteiger partial charge in [0.25, 0.3) is 0 Å². The lowest BCUT2D eigenvalue weighted by Crippen LogP contribution is -2.03. The van der Waals surface area contributed by atoms with Crippen LogP contribution in [0.4, 0.5) is 5.00 Å². The number of nitrogens with one attached hydrogen (secondary N) is 1. The molecule has 5 heteroatoms. The molecule has 0 radical (unpaired) electrons. The molecule has 0 amide bonds. The predicted octanol–water partition coefficient (Wildman–Crippen LogP) is 2.66. The molecule has 0 bridgehead atoms. The maximum Gasteiger partial charge on any atom is 0.164 e. The topological polar surface area (TPSA) is 54.9 Å². The summed E-state index contributed by atoms with van der Waals surface area (Å²) in [4.78, 5) is 15.5. The Morgan fingerprint density at radius 3 is 3.00 bits per heavy atom. The third-order valence-electron chi connectivity index (χ3n) is 2.39. The second kappa shape index (κ2) is 5.05. The Labute approximate surface area is 104 Å². The molecule has 2 aromatic heterocycles. The summed E-state index contributed by atoms with van der Waals surface area (Å²) in [6.07, 6.45) is 3.54. The number of rotatable bonds is 4. The molecular weight excluding hydrogens is 234 g/mol. The van der Waals surface area contributed by atoms with Crippen LogP contribution in [0.5, 0.6) is 0 Å². The standard InChI is InChI=1S/C12H13N3OS/c1-8-11(9(2)16)12(17-15-8)14-7-10-4-3-5-13-6-10/h3-6,14H,7H2,1-2H3. The molecule has 0 aliphatic rings. The van der Waals surface area contributed by atoms with Gasteiger partial charge in [-0.05, 0) is 37.0 Å². The van der Waals surface area contributed by atoms with Gasteiger partial charge in [0.05, 0.1) is 11.3 Å². The lowest BCUT2D eigenvalue weighted by molar-refractivity contribution is 0.101. The first kappa shape index (κ1) is 11.7. The molecule has 0 saturated carbocycles. The molecule has 2 rings (SSSR count). The van der Waals surface area contributed by atoms with Crippen LogP contribution < -0.4 is 5.32 Å². The molecule has 1 N–H and O–H groups in total. The first-order valence-electron chi connectivity index (χ1n) is 5.28. The molecule has 0 saturated heterocycles. The van der Waals surface area contributed by atoms with E-state index in [0.29, 0.717) is 12.1 Å². The van der Waals surface area contributed by atoms with Gasteiger partial charge in [-0.3, -0.25) is 9.78 Å². The van der Waals surface area contributed by atoms with Gasteiger partial charge in [0.1, 0.15) is 5.00 Å². The minimum absolute atomic E-state index is 0.0462. The van der Waals surface area contributed by atoms with Crippen LogP contribution in [-0.2, 0) is 6.54 Å². The number of ketones is 1. The molecule has 0 atom stereocenters. The van der Waals surface area contributed by atoms with Gasteiger partial charge in [-0.2, -0.15) is 4.37 Å². The zero-order valence-electron chi connectivity index (χ0n) is 9.73. The highest BCUT2D eigenvalue weighted by Gasteiger charge is 2.14. The van der Waals surface area contributed by atoms with E-state index in [1.807, 2.05) is 19.1 Å². The Kier molecular flexibility index (Phi) is 3.49. The summed E-state index contributed by atoms with van der Waals surface area (Å²) in [6, 6.07) is 3.88. The number of Topliss-reactive ketones (excluding diaryl/α,β-unsaturated/α-hetero) is 1. The molecule has 0 aliphatic heterocycles. The second-order valence-electron chi connectivity index (χ2n) is 3.74. The van der Waals surface area contributed by atoms with Crippen molar-refractivity contribution in [2.75, 3.05) is 5.32 Å². The van der Waals surface area contributed by atoms with Crippen molar-refractivity contribution in [1.82, 2.24) is 9.36 Å². The fourth-order valence-corrected chi connectivity index (χ4v) is 2.43. The summed E-state index contributed by atoms with van der Waals surface area (Å²) >= 11 is 1.32. The minimum atomic E-state index is 0.0462. The Bertz CT molecular complexity index is 522. The van der Waals surface area contributed by atoms with Crippen LogP contribution in [0.1, 0.15) is 28.5 Å². The highest BCUT2D eigenvalue weighted by molar-refractivity contribution is 7.10. The zero-order chi connectivity index (χ0) is 12.3. The number of anilines is 1. The zero-order valence-corrected chi connectivity index (χ0v) is 10.5. The lowest BCUT2D eigenvalue weighted by Gasteiger charge is -2.04. The average molecular weight is 247 g/mol. The molecule has 0 aromatic carbocycles. The van der Waals surface area contributed by atoms with Crippen molar-refractivity contribution in [1.29, 1.82) is 0 Å². The van der Waals surface area contributed by atoms with E-state index in [-0.39, 0.29) is 5.78 Å². The highest BCUT2D eigenvalue weighted by atomic mass is 32.1. The van der Waals surface area contributed by atoms with Crippen LogP contribution in [0.15, 0.2) is 24.5 Å². The van der Waals surface area contributed by atoms with E-state index in [9.17, 15) is 4.79 Å². The molecule has 0 spiro atoms. The summed E-state index contributed by atoms with van der Waals surface area (Å²) in [5.74, 6) is 0.0462. The third kappa shape index (κ3) is 2.68. The van der Waals surface area contributed by atoms with Crippen LogP contribution in [0.25, 0.3) is 0 Å². The van der Waals surface area contributed by atoms with E-state index in [1.54, 1.807) is 19.3 Å². The van der Waals surface area contributed by atoms with Crippen LogP contribution in [0.3, 0.4) is 0 Å². The third-order valence-corrected chi connectivity index (χ3v) is 3.29. The Balaban J connectivity index is 2.12. The smallest absolute Gasteiger partial charge is 0.164 e. The normalized spacial score (nSPS) is 10.2. The van der Waals surface area contributed by atoms with E-state index < -0.39 is 0 Å². The summed E-state index contributed by atoms with van der Waals surface area (Å²) in [7, 11) is 0. The van der Waals surface area contributed by atoms with Crippen molar-refractivity contribution in [3.63, 3.8) is 0 Å². The van der Waals surface area contributed by atoms with E-state index in [2.05, 4.69) is 14.7 Å². The first-order chi connectivity index (χ1) is 8.18. The molecule has 0 fully saturated rings. The molecule has 2 aromatic rings. The van der Waals surface area contributed by atoms with Crippen molar-refractivity contribution >= 4 is 22.3 Å². The summed E-state index contributed by atoms with van der Waals surface area (Å²) in [6.45, 7) is 4.06. The van der Waals surface area contributed by atoms with E-state index in [0.717, 1.165) is 16.3 Å². The molecular formula is C12H13N3OS. The van der Waals surface area contributed by atoms with Gasteiger partial charge in [-0.1, -0.05) is 6.07 Å². The number of aromatic nitrogens is 2. The number of carbonyl (C=O) groups excluding carboxylic acids is 1. The van der Waals surface area contributed by atoms with Gasteiger partial charge in [0, 0.05) is 18.9 Å². The van der Waals surface area contributed by atoms with E-state index in [4.69, 9.17) is 0 Å². The van der Waals surface area contributed by atoms with Crippen molar-refractivity contribution in [2.45, 2.75) is 20.4 Å². The van der Waals surface area contributed by atoms with Crippen molar-refractivity contribution < 1.29 is 4.79 Å². The number of nitrogens with zero attached hydrogens (tertiary/aromatic N) is 2. The monoisotopic (exact) mass is 247 g/mol. The quantitative estimate of drug-likeness (QED) is 0.844. The highest BCUT2D eigenvalue weighted by Crippen LogP contribution is 2.25. The van der Waals surface area contributed by atoms with Crippen LogP contribution in [-0.4, -0.2) is 15.1 Å². The summed E-state index contributed by atoms with van der Waals surface area (Å²) in [5.41, 5.74) is 2.56. The van der Waals surface area contributed by atoms with Crippen LogP contribution in [0, 0.1) is 6.92 Å². The maximum absolute atomic E-state index is 11.5. The van der Waals surface area contributed by atoms with Gasteiger partial charge < -0.3 is 5.32 Å². The van der Waals surface area contributed by atoms with Crippen LogP contribution >= 0.6 is 11.5 Å². The minimum Gasteiger partial charge on any atom is -0.371 e. The Morgan fingerprint density at radius 1 is 1.53 bits per heavy atom. The summed E-state index contributed by atoms with van der Waals surface area (Å²) < 4.78 is 4.19. The van der Waals surface area contributed by atoms with E-state index in [1.165, 1.54) is 11.5 Å². The Hall–Kier alpha value is -1.75. The molecule has 4 nitrogen and oxygen atoms in total. The second-order valence-corrected chi connectivity index (χ2v) is 4.52. The van der Waals surface area contributed by atoms with E-state index >= 15 is 0 Å². The van der Waals surface area contributed by atoms with Crippen molar-refractivity contribution in [3.8, 4) is 0 Å². The molecule has 17 heavy (non-hydrogen) atoms. The van der Waals surface area contributed by atoms with Gasteiger partial charge in [0.15, 0.2) is 5.78 Å². The molecule has 0 aliphatic carbocycles. The lowest BCUT2D eigenvalue weighted by atomic mass is 10.2. The van der Waals surface area contributed by atoms with Gasteiger partial charge in [-0.15, -0.1) is 0 Å². The van der Waals surface area contributed by atoms with Crippen molar-refractivity contribution in [3.05, 3.63) is 41.3 Å².